The molecule has 3 aromatic rings. The monoisotopic (exact) mass is 352 g/mol. The first kappa shape index (κ1) is 16.3. The molecule has 0 fully saturated rings. The highest BCUT2D eigenvalue weighted by atomic mass is 16.6. The summed E-state index contributed by atoms with van der Waals surface area (Å²) >= 11 is 0. The van der Waals surface area contributed by atoms with Crippen molar-refractivity contribution in [1.82, 2.24) is 14.9 Å². The number of hydrogen-bond donors (Lipinski definition) is 2. The maximum Gasteiger partial charge on any atom is 0.264 e. The minimum absolute atomic E-state index is 0.192. The number of nitrogens with two attached hydrogens (primary N) is 1. The van der Waals surface area contributed by atoms with Gasteiger partial charge >= 0.3 is 0 Å². The van der Waals surface area contributed by atoms with Crippen LogP contribution in [0.5, 0.6) is 11.5 Å². The first-order valence-corrected chi connectivity index (χ1v) is 8.49. The van der Waals surface area contributed by atoms with Gasteiger partial charge in [-0.3, -0.25) is 4.79 Å². The molecule has 7 nitrogen and oxygen atoms in total. The summed E-state index contributed by atoms with van der Waals surface area (Å²) in [6, 6.07) is 13.0. The number of fused-ring (bicyclic) bond motifs is 2. The van der Waals surface area contributed by atoms with E-state index in [0.29, 0.717) is 30.2 Å². The highest BCUT2D eigenvalue weighted by molar-refractivity contribution is 5.82. The molecule has 0 bridgehead atoms. The number of carbonyl (C=O) groups is 1. The molecular weight excluding hydrogens is 332 g/mol. The number of nitrogens with one attached hydrogen (secondary N) is 1. The van der Waals surface area contributed by atoms with Gasteiger partial charge in [-0.25, -0.2) is 4.98 Å². The zero-order valence-electron chi connectivity index (χ0n) is 14.4. The van der Waals surface area contributed by atoms with E-state index < -0.39 is 6.10 Å². The van der Waals surface area contributed by atoms with Crippen LogP contribution in [0.2, 0.25) is 0 Å². The lowest BCUT2D eigenvalue weighted by Gasteiger charge is -2.25. The van der Waals surface area contributed by atoms with Gasteiger partial charge in [0.05, 0.1) is 11.0 Å². The molecule has 3 N–H and O–H groups in total. The largest absolute Gasteiger partial charge is 0.485 e. The number of aryl methyl sites for hydroxylation is 1. The maximum absolute atomic E-state index is 12.3. The minimum atomic E-state index is -0.648. The smallest absolute Gasteiger partial charge is 0.264 e. The number of nitrogen functional groups attached to an aromatic ring is 1. The molecule has 134 valence electrons. The lowest BCUT2D eigenvalue weighted by molar-refractivity contribution is -0.130. The molecule has 1 atom stereocenters. The van der Waals surface area contributed by atoms with E-state index in [1.165, 1.54) is 0 Å². The van der Waals surface area contributed by atoms with Crippen LogP contribution < -0.4 is 20.5 Å². The van der Waals surface area contributed by atoms with Gasteiger partial charge in [0.15, 0.2) is 11.5 Å². The van der Waals surface area contributed by atoms with Crippen molar-refractivity contribution in [3.8, 4) is 11.5 Å². The Labute approximate surface area is 150 Å². The van der Waals surface area contributed by atoms with Crippen LogP contribution in [0.4, 0.5) is 5.69 Å². The number of ether oxygens (including phenoxy) is 2. The SMILES string of the molecule is Cn1c(CCNC(=O)[C@H]2COc3ccccc3O2)nc2cc(N)ccc21. The highest BCUT2D eigenvalue weighted by Gasteiger charge is 2.26. The third kappa shape index (κ3) is 3.03. The molecule has 1 aliphatic rings. The number of para-hydroxylation sites is 2. The number of hydrogen-bond acceptors (Lipinski definition) is 5. The fourth-order valence-electron chi connectivity index (χ4n) is 3.05. The number of carbonyl (C=O) groups excluding carboxylic acids is 1. The van der Waals surface area contributed by atoms with E-state index >= 15 is 0 Å². The van der Waals surface area contributed by atoms with Gasteiger partial charge in [-0.05, 0) is 30.3 Å². The Morgan fingerprint density at radius 1 is 1.31 bits per heavy atom. The van der Waals surface area contributed by atoms with Gasteiger partial charge in [0, 0.05) is 25.7 Å². The van der Waals surface area contributed by atoms with Crippen molar-refractivity contribution in [2.75, 3.05) is 18.9 Å². The number of aromatic nitrogens is 2. The van der Waals surface area contributed by atoms with Gasteiger partial charge in [-0.2, -0.15) is 0 Å². The minimum Gasteiger partial charge on any atom is -0.485 e. The van der Waals surface area contributed by atoms with Crippen LogP contribution >= 0.6 is 0 Å². The zero-order chi connectivity index (χ0) is 18.1. The van der Waals surface area contributed by atoms with Crippen LogP contribution in [0.1, 0.15) is 5.82 Å². The lowest BCUT2D eigenvalue weighted by atomic mass is 10.2. The fourth-order valence-corrected chi connectivity index (χ4v) is 3.05. The molecule has 1 amide bonds. The first-order chi connectivity index (χ1) is 12.6. The first-order valence-electron chi connectivity index (χ1n) is 8.49. The normalized spacial score (nSPS) is 15.8. The van der Waals surface area contributed by atoms with Crippen LogP contribution in [0.3, 0.4) is 0 Å². The van der Waals surface area contributed by atoms with Crippen molar-refractivity contribution >= 4 is 22.6 Å². The quantitative estimate of drug-likeness (QED) is 0.697. The number of anilines is 1. The van der Waals surface area contributed by atoms with Gasteiger partial charge in [0.2, 0.25) is 6.10 Å². The van der Waals surface area contributed by atoms with E-state index in [-0.39, 0.29) is 12.5 Å². The summed E-state index contributed by atoms with van der Waals surface area (Å²) in [5.74, 6) is 1.95. The summed E-state index contributed by atoms with van der Waals surface area (Å²) in [7, 11) is 1.96. The summed E-state index contributed by atoms with van der Waals surface area (Å²) in [5.41, 5.74) is 8.36. The van der Waals surface area contributed by atoms with Crippen molar-refractivity contribution in [2.24, 2.45) is 7.05 Å². The van der Waals surface area contributed by atoms with E-state index in [1.54, 1.807) is 6.07 Å². The van der Waals surface area contributed by atoms with Gasteiger partial charge < -0.3 is 25.1 Å². The Hall–Kier alpha value is -3.22. The van der Waals surface area contributed by atoms with Crippen LogP contribution in [0.15, 0.2) is 42.5 Å². The van der Waals surface area contributed by atoms with Gasteiger partial charge in [-0.1, -0.05) is 12.1 Å². The van der Waals surface area contributed by atoms with E-state index in [1.807, 2.05) is 48.0 Å². The molecule has 2 aromatic carbocycles. The molecule has 4 rings (SSSR count). The average Bonchev–Trinajstić information content (AvgIpc) is 2.96. The molecule has 0 aliphatic carbocycles. The molecule has 2 heterocycles. The van der Waals surface area contributed by atoms with E-state index in [9.17, 15) is 4.79 Å². The third-order valence-electron chi connectivity index (χ3n) is 4.45. The number of nitrogens with zero attached hydrogens (tertiary/aromatic N) is 2. The number of benzene rings is 2. The van der Waals surface area contributed by atoms with Crippen LogP contribution in [0.25, 0.3) is 11.0 Å². The summed E-state index contributed by atoms with van der Waals surface area (Å²) in [6.45, 7) is 0.668. The van der Waals surface area contributed by atoms with E-state index in [4.69, 9.17) is 15.2 Å². The summed E-state index contributed by atoms with van der Waals surface area (Å²) < 4.78 is 13.3. The molecule has 1 aliphatic heterocycles. The van der Waals surface area contributed by atoms with Crippen LogP contribution in [0, 0.1) is 0 Å². The molecule has 0 spiro atoms. The lowest BCUT2D eigenvalue weighted by Crippen LogP contribution is -2.44. The molecule has 26 heavy (non-hydrogen) atoms. The maximum atomic E-state index is 12.3. The molecule has 0 radical (unpaired) electrons. The van der Waals surface area contributed by atoms with E-state index in [0.717, 1.165) is 16.9 Å². The molecule has 0 unspecified atom stereocenters. The number of amides is 1. The fraction of sp³-hybridized carbons (Fsp3) is 0.263. The topological polar surface area (TPSA) is 91.4 Å². The Balaban J connectivity index is 1.36. The standard InChI is InChI=1S/C19H20N4O3/c1-23-14-7-6-12(20)10-13(14)22-18(23)8-9-21-19(24)17-11-25-15-4-2-3-5-16(15)26-17/h2-7,10,17H,8-9,11,20H2,1H3,(H,21,24)/t17-/m1/s1. The van der Waals surface area contributed by atoms with E-state index in [2.05, 4.69) is 10.3 Å². The Morgan fingerprint density at radius 3 is 2.96 bits per heavy atom. The zero-order valence-corrected chi connectivity index (χ0v) is 14.4. The Morgan fingerprint density at radius 2 is 2.12 bits per heavy atom. The Kier molecular flexibility index (Phi) is 4.12. The van der Waals surface area contributed by atoms with Crippen LogP contribution in [-0.4, -0.2) is 34.7 Å². The van der Waals surface area contributed by atoms with Crippen molar-refractivity contribution in [3.05, 3.63) is 48.3 Å². The second-order valence-electron chi connectivity index (χ2n) is 6.24. The Bertz CT molecular complexity index is 967. The summed E-state index contributed by atoms with van der Waals surface area (Å²) in [5, 5.41) is 2.89. The summed E-state index contributed by atoms with van der Waals surface area (Å²) in [6.07, 6.45) is -0.0359. The molecular formula is C19H20N4O3. The van der Waals surface area contributed by atoms with Gasteiger partial charge in [0.1, 0.15) is 12.4 Å². The molecule has 7 heteroatoms. The molecule has 0 saturated heterocycles. The van der Waals surface area contributed by atoms with Crippen molar-refractivity contribution < 1.29 is 14.3 Å². The predicted molar refractivity (Wildman–Crippen MR) is 98.2 cm³/mol. The highest BCUT2D eigenvalue weighted by Crippen LogP contribution is 2.30. The third-order valence-corrected chi connectivity index (χ3v) is 4.45. The summed E-state index contributed by atoms with van der Waals surface area (Å²) in [4.78, 5) is 16.9. The average molecular weight is 352 g/mol. The predicted octanol–water partition coefficient (Wildman–Crippen LogP) is 1.65. The number of rotatable bonds is 4. The second-order valence-corrected chi connectivity index (χ2v) is 6.24. The van der Waals surface area contributed by atoms with Gasteiger partial charge in [0.25, 0.3) is 5.91 Å². The van der Waals surface area contributed by atoms with Crippen LogP contribution in [-0.2, 0) is 18.3 Å². The second kappa shape index (κ2) is 6.59. The van der Waals surface area contributed by atoms with Crippen molar-refractivity contribution in [2.45, 2.75) is 12.5 Å². The molecule has 0 saturated carbocycles. The van der Waals surface area contributed by atoms with Crippen molar-refractivity contribution in [1.29, 1.82) is 0 Å². The number of imidazole rings is 1. The molecule has 1 aromatic heterocycles. The van der Waals surface area contributed by atoms with Crippen molar-refractivity contribution in [3.63, 3.8) is 0 Å². The van der Waals surface area contributed by atoms with Gasteiger partial charge in [-0.15, -0.1) is 0 Å².